The fourth-order valence-corrected chi connectivity index (χ4v) is 4.05. The van der Waals surface area contributed by atoms with Gasteiger partial charge >= 0.3 is 0 Å². The van der Waals surface area contributed by atoms with Gasteiger partial charge in [-0.25, -0.2) is 17.8 Å². The van der Waals surface area contributed by atoms with Gasteiger partial charge in [0.25, 0.3) is 10.0 Å². The number of hydrogen-bond donors (Lipinski definition) is 2. The normalized spacial score (nSPS) is 13.7. The summed E-state index contributed by atoms with van der Waals surface area (Å²) in [5.74, 6) is 0.129. The van der Waals surface area contributed by atoms with Crippen LogP contribution < -0.4 is 4.72 Å². The summed E-state index contributed by atoms with van der Waals surface area (Å²) in [5.41, 5.74) is 0. The lowest BCUT2D eigenvalue weighted by Crippen LogP contribution is -2.31. The van der Waals surface area contributed by atoms with Gasteiger partial charge in [-0.3, -0.25) is 0 Å². The standard InChI is InChI=1S/C10H19BrN4O3S/c1-3-4-8(5-6-16)7-12-19(17,18)10-9(11)13-14-15(10)2/h8,12,16H,3-7H2,1-2H3. The maximum Gasteiger partial charge on any atom is 0.260 e. The van der Waals surface area contributed by atoms with Gasteiger partial charge in [0.05, 0.1) is 0 Å². The maximum absolute atomic E-state index is 12.1. The lowest BCUT2D eigenvalue weighted by molar-refractivity contribution is 0.251. The Kier molecular flexibility index (Phi) is 6.37. The van der Waals surface area contributed by atoms with Crippen molar-refractivity contribution in [2.45, 2.75) is 31.2 Å². The molecule has 0 amide bonds. The number of aliphatic hydroxyl groups excluding tert-OH is 1. The molecule has 1 heterocycles. The summed E-state index contributed by atoms with van der Waals surface area (Å²) >= 11 is 3.07. The summed E-state index contributed by atoms with van der Waals surface area (Å²) in [6.07, 6.45) is 2.40. The molecule has 0 aliphatic heterocycles. The molecule has 7 nitrogen and oxygen atoms in total. The van der Waals surface area contributed by atoms with E-state index in [1.807, 2.05) is 6.92 Å². The maximum atomic E-state index is 12.1. The fraction of sp³-hybridized carbons (Fsp3) is 0.800. The van der Waals surface area contributed by atoms with Crippen LogP contribution in [0.5, 0.6) is 0 Å². The summed E-state index contributed by atoms with van der Waals surface area (Å²) in [4.78, 5) is 0. The Bertz CT molecular complexity index is 477. The summed E-state index contributed by atoms with van der Waals surface area (Å²) < 4.78 is 28.2. The minimum Gasteiger partial charge on any atom is -0.396 e. The quantitative estimate of drug-likeness (QED) is 0.714. The second-order valence-corrected chi connectivity index (χ2v) is 6.76. The Hall–Kier alpha value is -0.510. The average Bonchev–Trinajstić information content (AvgIpc) is 2.67. The largest absolute Gasteiger partial charge is 0.396 e. The lowest BCUT2D eigenvalue weighted by Gasteiger charge is -2.15. The first kappa shape index (κ1) is 16.5. The van der Waals surface area contributed by atoms with Crippen molar-refractivity contribution >= 4 is 26.0 Å². The Morgan fingerprint density at radius 2 is 2.16 bits per heavy atom. The van der Waals surface area contributed by atoms with E-state index in [-0.39, 0.29) is 22.2 Å². The second kappa shape index (κ2) is 7.32. The lowest BCUT2D eigenvalue weighted by atomic mass is 10.0. The molecule has 0 aliphatic carbocycles. The molecule has 1 aromatic rings. The van der Waals surface area contributed by atoms with Gasteiger partial charge in [0.15, 0.2) is 4.60 Å². The minimum atomic E-state index is -3.65. The van der Waals surface area contributed by atoms with Crippen molar-refractivity contribution in [2.24, 2.45) is 13.0 Å². The van der Waals surface area contributed by atoms with Crippen LogP contribution in [0.2, 0.25) is 0 Å². The molecular formula is C10H19BrN4O3S. The van der Waals surface area contributed by atoms with Crippen LogP contribution >= 0.6 is 15.9 Å². The molecule has 0 spiro atoms. The molecule has 0 aromatic carbocycles. The number of aliphatic hydroxyl groups is 1. The third-order valence-corrected chi connectivity index (χ3v) is 5.10. The Labute approximate surface area is 121 Å². The van der Waals surface area contributed by atoms with E-state index in [0.29, 0.717) is 13.0 Å². The molecule has 0 bridgehead atoms. The van der Waals surface area contributed by atoms with Crippen molar-refractivity contribution in [2.75, 3.05) is 13.2 Å². The number of nitrogens with zero attached hydrogens (tertiary/aromatic N) is 3. The van der Waals surface area contributed by atoms with E-state index in [1.165, 1.54) is 11.7 Å². The molecule has 19 heavy (non-hydrogen) atoms. The van der Waals surface area contributed by atoms with E-state index >= 15 is 0 Å². The van der Waals surface area contributed by atoms with Gasteiger partial charge < -0.3 is 5.11 Å². The highest BCUT2D eigenvalue weighted by molar-refractivity contribution is 9.10. The van der Waals surface area contributed by atoms with Gasteiger partial charge in [-0.1, -0.05) is 18.6 Å². The van der Waals surface area contributed by atoms with Crippen LogP contribution in [-0.4, -0.2) is 41.7 Å². The molecule has 0 saturated carbocycles. The molecule has 110 valence electrons. The molecular weight excluding hydrogens is 336 g/mol. The first-order valence-electron chi connectivity index (χ1n) is 6.08. The van der Waals surface area contributed by atoms with Crippen LogP contribution in [0.3, 0.4) is 0 Å². The molecule has 1 atom stereocenters. The van der Waals surface area contributed by atoms with E-state index in [2.05, 4.69) is 31.0 Å². The average molecular weight is 355 g/mol. The monoisotopic (exact) mass is 354 g/mol. The van der Waals surface area contributed by atoms with Gasteiger partial charge in [0, 0.05) is 20.2 Å². The van der Waals surface area contributed by atoms with E-state index in [9.17, 15) is 8.42 Å². The topological polar surface area (TPSA) is 97.1 Å². The third-order valence-electron chi connectivity index (χ3n) is 2.79. The Morgan fingerprint density at radius 1 is 1.47 bits per heavy atom. The molecule has 0 aliphatic rings. The predicted octanol–water partition coefficient (Wildman–Crippen LogP) is 0.655. The SMILES string of the molecule is CCCC(CCO)CNS(=O)(=O)c1c(Br)nnn1C. The second-order valence-electron chi connectivity index (χ2n) is 4.33. The van der Waals surface area contributed by atoms with Crippen LogP contribution in [0.15, 0.2) is 9.63 Å². The van der Waals surface area contributed by atoms with Crippen molar-refractivity contribution in [3.63, 3.8) is 0 Å². The molecule has 1 unspecified atom stereocenters. The Morgan fingerprint density at radius 3 is 2.63 bits per heavy atom. The van der Waals surface area contributed by atoms with Crippen LogP contribution in [-0.2, 0) is 17.1 Å². The van der Waals surface area contributed by atoms with Crippen molar-refractivity contribution in [3.05, 3.63) is 4.60 Å². The molecule has 0 fully saturated rings. The van der Waals surface area contributed by atoms with Gasteiger partial charge in [-0.05, 0) is 34.7 Å². The fourth-order valence-electron chi connectivity index (χ4n) is 1.84. The minimum absolute atomic E-state index is 0.00625. The van der Waals surface area contributed by atoms with Crippen LogP contribution in [0.1, 0.15) is 26.2 Å². The number of nitrogens with one attached hydrogen (secondary N) is 1. The zero-order chi connectivity index (χ0) is 14.5. The van der Waals surface area contributed by atoms with Gasteiger partial charge in [0.2, 0.25) is 5.03 Å². The first-order valence-corrected chi connectivity index (χ1v) is 8.35. The number of aromatic nitrogens is 3. The summed E-state index contributed by atoms with van der Waals surface area (Å²) in [5, 5.41) is 16.3. The number of hydrogen-bond acceptors (Lipinski definition) is 5. The van der Waals surface area contributed by atoms with Crippen molar-refractivity contribution in [3.8, 4) is 0 Å². The van der Waals surface area contributed by atoms with E-state index < -0.39 is 10.0 Å². The van der Waals surface area contributed by atoms with E-state index in [0.717, 1.165) is 12.8 Å². The van der Waals surface area contributed by atoms with Crippen LogP contribution in [0.25, 0.3) is 0 Å². The number of halogens is 1. The highest BCUT2D eigenvalue weighted by Gasteiger charge is 2.24. The van der Waals surface area contributed by atoms with E-state index in [4.69, 9.17) is 5.11 Å². The summed E-state index contributed by atoms with van der Waals surface area (Å²) in [6, 6.07) is 0. The van der Waals surface area contributed by atoms with Crippen LogP contribution in [0, 0.1) is 5.92 Å². The molecule has 1 rings (SSSR count). The first-order chi connectivity index (χ1) is 8.92. The zero-order valence-corrected chi connectivity index (χ0v) is 13.4. The van der Waals surface area contributed by atoms with Crippen molar-refractivity contribution < 1.29 is 13.5 Å². The van der Waals surface area contributed by atoms with Crippen LogP contribution in [0.4, 0.5) is 0 Å². The summed E-state index contributed by atoms with van der Waals surface area (Å²) in [7, 11) is -2.13. The number of sulfonamides is 1. The number of aryl methyl sites for hydroxylation is 1. The van der Waals surface area contributed by atoms with Crippen molar-refractivity contribution in [1.82, 2.24) is 19.7 Å². The molecule has 9 heteroatoms. The molecule has 1 aromatic heterocycles. The highest BCUT2D eigenvalue weighted by atomic mass is 79.9. The molecule has 2 N–H and O–H groups in total. The Balaban J connectivity index is 2.75. The summed E-state index contributed by atoms with van der Waals surface area (Å²) in [6.45, 7) is 2.39. The smallest absolute Gasteiger partial charge is 0.260 e. The number of rotatable bonds is 8. The van der Waals surface area contributed by atoms with Crippen molar-refractivity contribution in [1.29, 1.82) is 0 Å². The molecule has 0 radical (unpaired) electrons. The highest BCUT2D eigenvalue weighted by Crippen LogP contribution is 2.18. The van der Waals surface area contributed by atoms with Gasteiger partial charge in [0.1, 0.15) is 0 Å². The predicted molar refractivity (Wildman–Crippen MR) is 74.0 cm³/mol. The van der Waals surface area contributed by atoms with Gasteiger partial charge in [-0.2, -0.15) is 0 Å². The third kappa shape index (κ3) is 4.51. The van der Waals surface area contributed by atoms with E-state index in [1.54, 1.807) is 0 Å². The zero-order valence-electron chi connectivity index (χ0n) is 11.0. The molecule has 0 saturated heterocycles. The van der Waals surface area contributed by atoms with Gasteiger partial charge in [-0.15, -0.1) is 5.10 Å².